The van der Waals surface area contributed by atoms with E-state index in [2.05, 4.69) is 0 Å². The molecule has 0 nitrogen and oxygen atoms in total. The maximum atomic E-state index is 0. The molecule has 0 fully saturated rings. The summed E-state index contributed by atoms with van der Waals surface area (Å²) in [6, 6.07) is 0. The van der Waals surface area contributed by atoms with Crippen molar-refractivity contribution in [1.82, 2.24) is 0 Å². The molecule has 0 unspecified atom stereocenters. The Balaban J connectivity index is 0. The van der Waals surface area contributed by atoms with E-state index in [1.54, 1.807) is 0 Å². The Morgan fingerprint density at radius 2 is 0.500 bits per heavy atom. The molecule has 32 valence electrons. The average molecular weight is 222 g/mol. The Hall–Kier alpha value is 1.46. The molecule has 0 aromatic heterocycles. The van der Waals surface area contributed by atoms with Gasteiger partial charge in [0, 0.05) is 0 Å². The van der Waals surface area contributed by atoms with Gasteiger partial charge < -0.3 is 18.8 Å². The molecular weight excluding hydrogens is 222 g/mol. The van der Waals surface area contributed by atoms with E-state index in [1.165, 1.54) is 0 Å². The minimum Gasteiger partial charge on any atom is -1.00 e. The molecule has 0 aliphatic rings. The van der Waals surface area contributed by atoms with Gasteiger partial charge in [0.15, 0.2) is 0 Å². The van der Waals surface area contributed by atoms with Crippen molar-refractivity contribution in [2.24, 2.45) is 0 Å². The zero-order valence-electron chi connectivity index (χ0n) is 2.93. The van der Waals surface area contributed by atoms with E-state index in [-0.39, 0.29) is 77.8 Å². The van der Waals surface area contributed by atoms with E-state index >= 15 is 0 Å². The van der Waals surface area contributed by atoms with Gasteiger partial charge in [-0.1, -0.05) is 0 Å². The second kappa shape index (κ2) is 90.3. The molecule has 0 aliphatic heterocycles. The Bertz CT molecular complexity index is 7.51. The van der Waals surface area contributed by atoms with Crippen LogP contribution in [-0.2, 0) is 0 Å². The number of rotatable bonds is 0. The third-order valence-corrected chi connectivity index (χ3v) is 0. The monoisotopic (exact) mass is 223 g/mol. The molecule has 0 rings (SSSR count). The Morgan fingerprint density at radius 3 is 0.500 bits per heavy atom. The fourth-order valence-corrected chi connectivity index (χ4v) is 0. The van der Waals surface area contributed by atoms with Crippen molar-refractivity contribution in [3.05, 3.63) is 0 Å². The van der Waals surface area contributed by atoms with E-state index in [9.17, 15) is 0 Å². The SMILES string of the molecule is [Ba+2].[Be+2].[F-].[F-].[F-].[F-]. The summed E-state index contributed by atoms with van der Waals surface area (Å²) >= 11 is 0. The molecule has 0 aromatic carbocycles. The number of hydrogen-bond acceptors (Lipinski definition) is 0. The molecule has 6 heavy (non-hydrogen) atoms. The van der Waals surface area contributed by atoms with Gasteiger partial charge in [0.05, 0.1) is 0 Å². The van der Waals surface area contributed by atoms with Gasteiger partial charge in [0.2, 0.25) is 0 Å². The van der Waals surface area contributed by atoms with Crippen LogP contribution in [0.2, 0.25) is 0 Å². The van der Waals surface area contributed by atoms with Gasteiger partial charge in [-0.15, -0.1) is 0 Å². The van der Waals surface area contributed by atoms with Crippen LogP contribution in [0.25, 0.3) is 0 Å². The topological polar surface area (TPSA) is 0 Å². The second-order valence-corrected chi connectivity index (χ2v) is 0. The van der Waals surface area contributed by atoms with Gasteiger partial charge in [-0.2, -0.15) is 0 Å². The van der Waals surface area contributed by atoms with Gasteiger partial charge in [0.1, 0.15) is 0 Å². The molecule has 0 aromatic rings. The summed E-state index contributed by atoms with van der Waals surface area (Å²) in [6.07, 6.45) is 0. The predicted molar refractivity (Wildman–Crippen MR) is 11.5 cm³/mol. The van der Waals surface area contributed by atoms with Crippen LogP contribution < -0.4 is 18.8 Å². The van der Waals surface area contributed by atoms with E-state index in [4.69, 9.17) is 0 Å². The molecule has 0 bridgehead atoms. The molecule has 0 saturated heterocycles. The Labute approximate surface area is 76.8 Å². The summed E-state index contributed by atoms with van der Waals surface area (Å²) in [7, 11) is 0. The molecule has 0 heterocycles. The van der Waals surface area contributed by atoms with Gasteiger partial charge in [-0.05, 0) is 0 Å². The average Bonchev–Trinajstić information content (AvgIpc) is 0. The fraction of sp³-hybridized carbons (Fsp3) is 0. The standard InChI is InChI=1S/Ba.Be.4FH/h;;4*1H/q2*+2;;;;/p-4. The molecule has 0 amide bonds. The Morgan fingerprint density at radius 1 is 0.500 bits per heavy atom. The van der Waals surface area contributed by atoms with Crippen molar-refractivity contribution in [1.29, 1.82) is 0 Å². The van der Waals surface area contributed by atoms with Gasteiger partial charge in [-0.25, -0.2) is 0 Å². The molecule has 0 saturated carbocycles. The van der Waals surface area contributed by atoms with Crippen LogP contribution in [0.4, 0.5) is 0 Å². The molecule has 0 spiro atoms. The predicted octanol–water partition coefficient (Wildman–Crippen LogP) is -12.7. The van der Waals surface area contributed by atoms with Gasteiger partial charge in [-0.3, -0.25) is 0 Å². The van der Waals surface area contributed by atoms with Crippen molar-refractivity contribution in [3.63, 3.8) is 0 Å². The van der Waals surface area contributed by atoms with E-state index in [0.29, 0.717) is 0 Å². The summed E-state index contributed by atoms with van der Waals surface area (Å²) < 4.78 is 0. The largest absolute Gasteiger partial charge is 2.00 e. The van der Waals surface area contributed by atoms with Crippen LogP contribution in [0.5, 0.6) is 0 Å². The number of halogens is 4. The Kier molecular flexibility index (Phi) is 2200. The van der Waals surface area contributed by atoms with Crippen molar-refractivity contribution in [3.8, 4) is 0 Å². The van der Waals surface area contributed by atoms with Crippen molar-refractivity contribution >= 4 is 59.0 Å². The van der Waals surface area contributed by atoms with Gasteiger partial charge >= 0.3 is 59.0 Å². The maximum absolute atomic E-state index is 0. The fourth-order valence-electron chi connectivity index (χ4n) is 0. The minimum absolute atomic E-state index is 0. The van der Waals surface area contributed by atoms with Gasteiger partial charge in [0.25, 0.3) is 0 Å². The molecule has 0 atom stereocenters. The third kappa shape index (κ3) is 50.9. The van der Waals surface area contributed by atoms with Crippen LogP contribution in [0, 0.1) is 0 Å². The normalized spacial score (nSPS) is 0. The van der Waals surface area contributed by atoms with E-state index < -0.39 is 0 Å². The summed E-state index contributed by atoms with van der Waals surface area (Å²) in [5.41, 5.74) is 0. The third-order valence-electron chi connectivity index (χ3n) is 0. The smallest absolute Gasteiger partial charge is 1.00 e. The van der Waals surface area contributed by atoms with Crippen LogP contribution in [0.3, 0.4) is 0 Å². The van der Waals surface area contributed by atoms with Crippen molar-refractivity contribution < 1.29 is 18.8 Å². The first kappa shape index (κ1) is 146. The minimum atomic E-state index is 0. The van der Waals surface area contributed by atoms with Crippen molar-refractivity contribution in [2.75, 3.05) is 0 Å². The zero-order valence-corrected chi connectivity index (χ0v) is 7.37. The van der Waals surface area contributed by atoms with Crippen LogP contribution in [0.1, 0.15) is 0 Å². The van der Waals surface area contributed by atoms with Crippen LogP contribution >= 0.6 is 0 Å². The molecular formula is BaBeF4. The molecule has 6 heteroatoms. The first-order valence-corrected chi connectivity index (χ1v) is 0. The summed E-state index contributed by atoms with van der Waals surface area (Å²) in [4.78, 5) is 0. The maximum Gasteiger partial charge on any atom is 2.00 e. The van der Waals surface area contributed by atoms with Crippen LogP contribution in [-0.4, -0.2) is 59.0 Å². The van der Waals surface area contributed by atoms with E-state index in [1.807, 2.05) is 0 Å². The first-order valence-electron chi connectivity index (χ1n) is 0. The zero-order chi connectivity index (χ0) is 0. The number of hydrogen-bond donors (Lipinski definition) is 0. The summed E-state index contributed by atoms with van der Waals surface area (Å²) in [6.45, 7) is 0. The summed E-state index contributed by atoms with van der Waals surface area (Å²) in [5, 5.41) is 0. The van der Waals surface area contributed by atoms with Crippen molar-refractivity contribution in [2.45, 2.75) is 0 Å². The molecule has 0 aliphatic carbocycles. The van der Waals surface area contributed by atoms with E-state index in [0.717, 1.165) is 0 Å². The van der Waals surface area contributed by atoms with Crippen LogP contribution in [0.15, 0.2) is 0 Å². The quantitative estimate of drug-likeness (QED) is 0.282. The molecule has 0 radical (unpaired) electrons. The molecule has 0 N–H and O–H groups in total. The second-order valence-electron chi connectivity index (χ2n) is 0. The summed E-state index contributed by atoms with van der Waals surface area (Å²) in [5.74, 6) is 0. The first-order chi connectivity index (χ1) is 0.